The molecule has 168 valence electrons. The third kappa shape index (κ3) is 5.19. The second-order valence-corrected chi connectivity index (χ2v) is 10.5. The van der Waals surface area contributed by atoms with Crippen LogP contribution < -0.4 is 5.32 Å². The lowest BCUT2D eigenvalue weighted by molar-refractivity contribution is 0.0931. The minimum Gasteiger partial charge on any atom is -0.506 e. The highest BCUT2D eigenvalue weighted by atomic mass is 35.5. The first kappa shape index (κ1) is 23.5. The van der Waals surface area contributed by atoms with Crippen molar-refractivity contribution in [1.82, 2.24) is 14.6 Å². The number of rotatable bonds is 7. The van der Waals surface area contributed by atoms with Crippen molar-refractivity contribution >= 4 is 27.5 Å². The standard InChI is InChI=1S/C22H28ClN3O4S/c1-3-13-31(29,30)26-11-8-22(9-12-26,20-19(27)5-4-10-24-20)15-25-21(28)17-7-6-16(2)14-18(17)23/h4-7,10,14,27H,3,8-9,11-13,15H2,1-2H3,(H,25,28). The number of amides is 1. The number of sulfonamides is 1. The number of pyridine rings is 1. The van der Waals surface area contributed by atoms with Crippen LogP contribution in [0.25, 0.3) is 0 Å². The second-order valence-electron chi connectivity index (χ2n) is 8.03. The molecule has 2 N–H and O–H groups in total. The Morgan fingerprint density at radius 3 is 2.61 bits per heavy atom. The lowest BCUT2D eigenvalue weighted by atomic mass is 9.75. The number of carbonyl (C=O) groups is 1. The van der Waals surface area contributed by atoms with Gasteiger partial charge in [0.25, 0.3) is 5.91 Å². The quantitative estimate of drug-likeness (QED) is 0.653. The van der Waals surface area contributed by atoms with E-state index in [-0.39, 0.29) is 24.0 Å². The molecule has 9 heteroatoms. The largest absolute Gasteiger partial charge is 0.506 e. The summed E-state index contributed by atoms with van der Waals surface area (Å²) in [7, 11) is -3.31. The molecule has 0 unspecified atom stereocenters. The Kier molecular flexibility index (Phi) is 7.24. The summed E-state index contributed by atoms with van der Waals surface area (Å²) >= 11 is 6.24. The number of carbonyl (C=O) groups excluding carboxylic acids is 1. The summed E-state index contributed by atoms with van der Waals surface area (Å²) in [4.78, 5) is 17.2. The zero-order valence-corrected chi connectivity index (χ0v) is 19.3. The molecule has 1 aliphatic rings. The fraction of sp³-hybridized carbons (Fsp3) is 0.455. The highest BCUT2D eigenvalue weighted by Gasteiger charge is 2.42. The first-order valence-electron chi connectivity index (χ1n) is 10.4. The zero-order valence-electron chi connectivity index (χ0n) is 17.8. The summed E-state index contributed by atoms with van der Waals surface area (Å²) in [5, 5.41) is 13.8. The number of halogens is 1. The summed E-state index contributed by atoms with van der Waals surface area (Å²) in [6.45, 7) is 4.55. The maximum Gasteiger partial charge on any atom is 0.252 e. The fourth-order valence-corrected chi connectivity index (χ4v) is 5.87. The van der Waals surface area contributed by atoms with Gasteiger partial charge in [-0.2, -0.15) is 0 Å². The van der Waals surface area contributed by atoms with E-state index in [2.05, 4.69) is 10.3 Å². The summed E-state index contributed by atoms with van der Waals surface area (Å²) < 4.78 is 26.5. The Labute approximate surface area is 188 Å². The van der Waals surface area contributed by atoms with Gasteiger partial charge in [-0.1, -0.05) is 24.6 Å². The lowest BCUT2D eigenvalue weighted by Gasteiger charge is -2.41. The van der Waals surface area contributed by atoms with E-state index in [1.807, 2.05) is 19.9 Å². The lowest BCUT2D eigenvalue weighted by Crippen LogP contribution is -2.51. The van der Waals surface area contributed by atoms with E-state index in [1.165, 1.54) is 4.31 Å². The van der Waals surface area contributed by atoms with Crippen molar-refractivity contribution in [3.63, 3.8) is 0 Å². The predicted octanol–water partition coefficient (Wildman–Crippen LogP) is 3.25. The Morgan fingerprint density at radius 2 is 2.00 bits per heavy atom. The van der Waals surface area contributed by atoms with Gasteiger partial charge in [0.05, 0.1) is 22.0 Å². The van der Waals surface area contributed by atoms with Crippen molar-refractivity contribution in [2.24, 2.45) is 0 Å². The first-order chi connectivity index (χ1) is 14.7. The third-order valence-electron chi connectivity index (χ3n) is 5.78. The van der Waals surface area contributed by atoms with E-state index in [1.54, 1.807) is 30.5 Å². The molecule has 0 aliphatic carbocycles. The molecule has 1 fully saturated rings. The highest BCUT2D eigenvalue weighted by Crippen LogP contribution is 2.39. The van der Waals surface area contributed by atoms with Crippen LogP contribution in [0.5, 0.6) is 5.75 Å². The van der Waals surface area contributed by atoms with Crippen LogP contribution in [0.1, 0.15) is 47.8 Å². The van der Waals surface area contributed by atoms with Gasteiger partial charge in [0.2, 0.25) is 10.0 Å². The molecule has 1 aliphatic heterocycles. The molecule has 0 saturated carbocycles. The van der Waals surface area contributed by atoms with Crippen molar-refractivity contribution in [2.75, 3.05) is 25.4 Å². The van der Waals surface area contributed by atoms with Gasteiger partial charge in [0, 0.05) is 31.2 Å². The number of nitrogens with zero attached hydrogens (tertiary/aromatic N) is 2. The summed E-state index contributed by atoms with van der Waals surface area (Å²) in [5.41, 5.74) is 1.11. The van der Waals surface area contributed by atoms with Gasteiger partial charge in [-0.3, -0.25) is 9.78 Å². The number of aryl methyl sites for hydroxylation is 1. The molecule has 0 spiro atoms. The molecular formula is C22H28ClN3O4S. The first-order valence-corrected chi connectivity index (χ1v) is 12.3. The van der Waals surface area contributed by atoms with Crippen molar-refractivity contribution in [2.45, 2.75) is 38.5 Å². The number of hydrogen-bond acceptors (Lipinski definition) is 5. The van der Waals surface area contributed by atoms with Gasteiger partial charge in [0.15, 0.2) is 0 Å². The van der Waals surface area contributed by atoms with Gasteiger partial charge < -0.3 is 10.4 Å². The Hall–Kier alpha value is -2.16. The molecule has 3 rings (SSSR count). The number of benzene rings is 1. The normalized spacial score (nSPS) is 16.7. The maximum absolute atomic E-state index is 12.8. The van der Waals surface area contributed by atoms with Crippen LogP contribution in [-0.2, 0) is 15.4 Å². The number of hydrogen-bond donors (Lipinski definition) is 2. The number of piperidine rings is 1. The van der Waals surface area contributed by atoms with Crippen LogP contribution in [-0.4, -0.2) is 54.1 Å². The molecule has 1 aromatic carbocycles. The molecule has 2 aromatic rings. The fourth-order valence-electron chi connectivity index (χ4n) is 4.03. The predicted molar refractivity (Wildman–Crippen MR) is 121 cm³/mol. The third-order valence-corrected chi connectivity index (χ3v) is 8.17. The molecule has 0 bridgehead atoms. The molecule has 0 radical (unpaired) electrons. The molecular weight excluding hydrogens is 438 g/mol. The molecule has 1 saturated heterocycles. The molecule has 7 nitrogen and oxygen atoms in total. The minimum atomic E-state index is -3.31. The second kappa shape index (κ2) is 9.54. The van der Waals surface area contributed by atoms with Gasteiger partial charge in [-0.25, -0.2) is 12.7 Å². The van der Waals surface area contributed by atoms with E-state index in [0.717, 1.165) is 5.56 Å². The van der Waals surface area contributed by atoms with Gasteiger partial charge in [-0.05, 0) is 56.0 Å². The number of aromatic nitrogens is 1. The van der Waals surface area contributed by atoms with Crippen molar-refractivity contribution < 1.29 is 18.3 Å². The van der Waals surface area contributed by atoms with E-state index in [4.69, 9.17) is 11.6 Å². The van der Waals surface area contributed by atoms with E-state index in [0.29, 0.717) is 48.6 Å². The average molecular weight is 466 g/mol. The topological polar surface area (TPSA) is 99.6 Å². The number of aromatic hydroxyl groups is 1. The van der Waals surface area contributed by atoms with Crippen LogP contribution >= 0.6 is 11.6 Å². The van der Waals surface area contributed by atoms with E-state index in [9.17, 15) is 18.3 Å². The van der Waals surface area contributed by atoms with E-state index >= 15 is 0 Å². The minimum absolute atomic E-state index is 0.0370. The number of nitrogens with one attached hydrogen (secondary N) is 1. The SMILES string of the molecule is CCCS(=O)(=O)N1CCC(CNC(=O)c2ccc(C)cc2Cl)(c2ncccc2O)CC1. The maximum atomic E-state index is 12.8. The average Bonchev–Trinajstić information content (AvgIpc) is 2.72. The molecule has 31 heavy (non-hydrogen) atoms. The Morgan fingerprint density at radius 1 is 1.29 bits per heavy atom. The monoisotopic (exact) mass is 465 g/mol. The molecule has 1 aromatic heterocycles. The smallest absolute Gasteiger partial charge is 0.252 e. The van der Waals surface area contributed by atoms with Gasteiger partial charge >= 0.3 is 0 Å². The van der Waals surface area contributed by atoms with Crippen LogP contribution in [0.2, 0.25) is 5.02 Å². The highest BCUT2D eigenvalue weighted by molar-refractivity contribution is 7.89. The van der Waals surface area contributed by atoms with Crippen LogP contribution in [0.15, 0.2) is 36.5 Å². The van der Waals surface area contributed by atoms with Gasteiger partial charge in [-0.15, -0.1) is 0 Å². The summed E-state index contributed by atoms with van der Waals surface area (Å²) in [6, 6.07) is 8.42. The summed E-state index contributed by atoms with van der Waals surface area (Å²) in [6.07, 6.45) is 3.01. The van der Waals surface area contributed by atoms with E-state index < -0.39 is 15.4 Å². The summed E-state index contributed by atoms with van der Waals surface area (Å²) in [5.74, 6) is -0.173. The van der Waals surface area contributed by atoms with Crippen LogP contribution in [0.3, 0.4) is 0 Å². The van der Waals surface area contributed by atoms with Crippen LogP contribution in [0.4, 0.5) is 0 Å². The Bertz CT molecular complexity index is 1050. The molecule has 2 heterocycles. The zero-order chi connectivity index (χ0) is 22.6. The van der Waals surface area contributed by atoms with Gasteiger partial charge in [0.1, 0.15) is 5.75 Å². The Balaban J connectivity index is 1.83. The van der Waals surface area contributed by atoms with Crippen molar-refractivity contribution in [3.05, 3.63) is 58.4 Å². The van der Waals surface area contributed by atoms with Crippen molar-refractivity contribution in [3.8, 4) is 5.75 Å². The van der Waals surface area contributed by atoms with Crippen molar-refractivity contribution in [1.29, 1.82) is 0 Å². The van der Waals surface area contributed by atoms with Crippen LogP contribution in [0, 0.1) is 6.92 Å². The molecule has 0 atom stereocenters. The molecule has 1 amide bonds.